The third-order valence-corrected chi connectivity index (χ3v) is 5.70. The van der Waals surface area contributed by atoms with Gasteiger partial charge in [-0.05, 0) is 43.2 Å². The zero-order valence-electron chi connectivity index (χ0n) is 12.2. The smallest absolute Gasteiger partial charge is 0.226 e. The molecule has 1 fully saturated rings. The molecule has 1 amide bonds. The maximum Gasteiger partial charge on any atom is 0.226 e. The van der Waals surface area contributed by atoms with Gasteiger partial charge in [0.15, 0.2) is 5.13 Å². The van der Waals surface area contributed by atoms with Gasteiger partial charge < -0.3 is 5.32 Å². The van der Waals surface area contributed by atoms with E-state index in [1.807, 2.05) is 6.07 Å². The molecule has 1 aromatic heterocycles. The molecule has 112 valence electrons. The van der Waals surface area contributed by atoms with Crippen LogP contribution in [0.25, 0.3) is 10.2 Å². The monoisotopic (exact) mass is 320 g/mol. The van der Waals surface area contributed by atoms with Crippen LogP contribution in [-0.2, 0) is 4.79 Å². The largest absolute Gasteiger partial charge is 0.302 e. The average Bonchev–Trinajstić information content (AvgIpc) is 2.89. The maximum absolute atomic E-state index is 12.1. The quantitative estimate of drug-likeness (QED) is 0.812. The van der Waals surface area contributed by atoms with E-state index in [1.165, 1.54) is 37.0 Å². The average molecular weight is 320 g/mol. The van der Waals surface area contributed by atoms with Crippen molar-refractivity contribution >= 4 is 44.4 Å². The number of carbonyl (C=O) groups excluding carboxylic acids is 1. The molecule has 5 heteroatoms. The molecule has 21 heavy (non-hydrogen) atoms. The zero-order chi connectivity index (χ0) is 14.7. The van der Waals surface area contributed by atoms with Gasteiger partial charge in [0.05, 0.1) is 10.2 Å². The van der Waals surface area contributed by atoms with Crippen molar-refractivity contribution in [1.82, 2.24) is 4.98 Å². The summed E-state index contributed by atoms with van der Waals surface area (Å²) in [5, 5.41) is 3.70. The molecular weight excluding hydrogens is 300 g/mol. The fraction of sp³-hybridized carbons (Fsp3) is 0.500. The zero-order valence-corrected chi connectivity index (χ0v) is 13.9. The Hall–Kier alpha value is -1.07. The van der Waals surface area contributed by atoms with Crippen LogP contribution >= 0.6 is 23.1 Å². The Morgan fingerprint density at radius 1 is 1.38 bits per heavy atom. The van der Waals surface area contributed by atoms with Crippen LogP contribution in [0.4, 0.5) is 5.13 Å². The molecule has 1 saturated carbocycles. The van der Waals surface area contributed by atoms with Gasteiger partial charge in [0.25, 0.3) is 0 Å². The lowest BCUT2D eigenvalue weighted by Gasteiger charge is -2.20. The Balaban J connectivity index is 1.65. The Kier molecular flexibility index (Phi) is 4.80. The van der Waals surface area contributed by atoms with Crippen LogP contribution in [0.3, 0.4) is 0 Å². The summed E-state index contributed by atoms with van der Waals surface area (Å²) >= 11 is 3.28. The van der Waals surface area contributed by atoms with E-state index in [-0.39, 0.29) is 5.91 Å². The Morgan fingerprint density at radius 3 is 2.95 bits per heavy atom. The number of hydrogen-bond acceptors (Lipinski definition) is 4. The fourth-order valence-corrected chi connectivity index (χ4v) is 4.34. The summed E-state index contributed by atoms with van der Waals surface area (Å²) in [6.07, 6.45) is 8.98. The van der Waals surface area contributed by atoms with Gasteiger partial charge in [0.2, 0.25) is 5.91 Å². The van der Waals surface area contributed by atoms with Crippen LogP contribution in [-0.4, -0.2) is 17.1 Å². The Labute approximate surface area is 133 Å². The van der Waals surface area contributed by atoms with E-state index in [2.05, 4.69) is 28.7 Å². The molecular formula is C16H20N2OS2. The lowest BCUT2D eigenvalue weighted by Crippen LogP contribution is -2.18. The molecule has 0 saturated heterocycles. The molecule has 0 atom stereocenters. The van der Waals surface area contributed by atoms with E-state index in [0.29, 0.717) is 12.3 Å². The lowest BCUT2D eigenvalue weighted by atomic mass is 9.87. The van der Waals surface area contributed by atoms with E-state index in [1.54, 1.807) is 23.1 Å². The first-order valence-corrected chi connectivity index (χ1v) is 9.53. The molecule has 1 aromatic carbocycles. The number of anilines is 1. The first kappa shape index (κ1) is 14.9. The Morgan fingerprint density at radius 2 is 2.19 bits per heavy atom. The van der Waals surface area contributed by atoms with Gasteiger partial charge >= 0.3 is 0 Å². The number of thiazole rings is 1. The van der Waals surface area contributed by atoms with E-state index in [9.17, 15) is 4.79 Å². The number of thioether (sulfide) groups is 1. The van der Waals surface area contributed by atoms with Crippen LogP contribution in [0.2, 0.25) is 0 Å². The first-order chi connectivity index (χ1) is 10.2. The standard InChI is InChI=1S/C16H20N2OS2/c1-20-12-7-8-13-14(10-12)21-16(17-13)18-15(19)9-11-5-3-2-4-6-11/h7-8,10-11H,2-6,9H2,1H3,(H,17,18,19). The van der Waals surface area contributed by atoms with Gasteiger partial charge in [-0.2, -0.15) is 0 Å². The summed E-state index contributed by atoms with van der Waals surface area (Å²) in [7, 11) is 0. The van der Waals surface area contributed by atoms with Gasteiger partial charge in [-0.3, -0.25) is 4.79 Å². The summed E-state index contributed by atoms with van der Waals surface area (Å²) < 4.78 is 1.13. The normalized spacial score (nSPS) is 16.2. The van der Waals surface area contributed by atoms with E-state index < -0.39 is 0 Å². The highest BCUT2D eigenvalue weighted by Crippen LogP contribution is 2.30. The molecule has 0 bridgehead atoms. The number of nitrogens with zero attached hydrogens (tertiary/aromatic N) is 1. The Bertz CT molecular complexity index is 632. The molecule has 0 unspecified atom stereocenters. The molecule has 1 N–H and O–H groups in total. The van der Waals surface area contributed by atoms with Crippen molar-refractivity contribution in [1.29, 1.82) is 0 Å². The molecule has 3 rings (SSSR count). The van der Waals surface area contributed by atoms with Crippen LogP contribution < -0.4 is 5.32 Å². The highest BCUT2D eigenvalue weighted by molar-refractivity contribution is 7.98. The molecule has 0 spiro atoms. The van der Waals surface area contributed by atoms with Crippen molar-refractivity contribution in [2.45, 2.75) is 43.4 Å². The van der Waals surface area contributed by atoms with Crippen LogP contribution in [0, 0.1) is 5.92 Å². The number of amides is 1. The second-order valence-corrected chi connectivity index (χ2v) is 7.52. The van der Waals surface area contributed by atoms with E-state index in [0.717, 1.165) is 15.3 Å². The van der Waals surface area contributed by atoms with E-state index in [4.69, 9.17) is 0 Å². The van der Waals surface area contributed by atoms with Crippen LogP contribution in [0.1, 0.15) is 38.5 Å². The third kappa shape index (κ3) is 3.77. The van der Waals surface area contributed by atoms with Crippen molar-refractivity contribution in [2.24, 2.45) is 5.92 Å². The van der Waals surface area contributed by atoms with Crippen LogP contribution in [0.5, 0.6) is 0 Å². The molecule has 3 nitrogen and oxygen atoms in total. The van der Waals surface area contributed by atoms with Gasteiger partial charge in [-0.15, -0.1) is 11.8 Å². The lowest BCUT2D eigenvalue weighted by molar-refractivity contribution is -0.117. The van der Waals surface area contributed by atoms with Crippen molar-refractivity contribution in [3.63, 3.8) is 0 Å². The second kappa shape index (κ2) is 6.79. The number of carbonyl (C=O) groups is 1. The highest BCUT2D eigenvalue weighted by atomic mass is 32.2. The number of fused-ring (bicyclic) bond motifs is 1. The van der Waals surface area contributed by atoms with Gasteiger partial charge in [-0.1, -0.05) is 30.6 Å². The van der Waals surface area contributed by atoms with E-state index >= 15 is 0 Å². The van der Waals surface area contributed by atoms with Crippen LogP contribution in [0.15, 0.2) is 23.1 Å². The molecule has 1 heterocycles. The summed E-state index contributed by atoms with van der Waals surface area (Å²) in [4.78, 5) is 17.9. The van der Waals surface area contributed by atoms with Crippen molar-refractivity contribution in [3.05, 3.63) is 18.2 Å². The van der Waals surface area contributed by atoms with Crippen molar-refractivity contribution in [2.75, 3.05) is 11.6 Å². The highest BCUT2D eigenvalue weighted by Gasteiger charge is 2.17. The molecule has 0 radical (unpaired) electrons. The van der Waals surface area contributed by atoms with Crippen molar-refractivity contribution < 1.29 is 4.79 Å². The molecule has 1 aliphatic carbocycles. The van der Waals surface area contributed by atoms with Gasteiger partial charge in [0, 0.05) is 11.3 Å². The molecule has 0 aliphatic heterocycles. The SMILES string of the molecule is CSc1ccc2nc(NC(=O)CC3CCCCC3)sc2c1. The summed E-state index contributed by atoms with van der Waals surface area (Å²) in [6.45, 7) is 0. The second-order valence-electron chi connectivity index (χ2n) is 5.61. The summed E-state index contributed by atoms with van der Waals surface area (Å²) in [6, 6.07) is 6.23. The minimum Gasteiger partial charge on any atom is -0.302 e. The molecule has 1 aliphatic rings. The maximum atomic E-state index is 12.1. The van der Waals surface area contributed by atoms with Crippen molar-refractivity contribution in [3.8, 4) is 0 Å². The van der Waals surface area contributed by atoms with Gasteiger partial charge in [0.1, 0.15) is 0 Å². The predicted molar refractivity (Wildman–Crippen MR) is 91.2 cm³/mol. The topological polar surface area (TPSA) is 42.0 Å². The first-order valence-electron chi connectivity index (χ1n) is 7.49. The fourth-order valence-electron chi connectivity index (χ4n) is 2.91. The number of hydrogen-bond donors (Lipinski definition) is 1. The predicted octanol–water partition coefficient (Wildman–Crippen LogP) is 4.93. The minimum atomic E-state index is 0.117. The number of aromatic nitrogens is 1. The third-order valence-electron chi connectivity index (χ3n) is 4.04. The number of nitrogens with one attached hydrogen (secondary N) is 1. The molecule has 2 aromatic rings. The minimum absolute atomic E-state index is 0.117. The summed E-state index contributed by atoms with van der Waals surface area (Å²) in [5.41, 5.74) is 0.964. The van der Waals surface area contributed by atoms with Gasteiger partial charge in [-0.25, -0.2) is 4.98 Å². The number of rotatable bonds is 4. The number of benzene rings is 1. The summed E-state index contributed by atoms with van der Waals surface area (Å²) in [5.74, 6) is 0.683.